The summed E-state index contributed by atoms with van der Waals surface area (Å²) in [6, 6.07) is 7.02. The molecule has 2 rings (SSSR count). The average Bonchev–Trinajstić information content (AvgIpc) is 2.62. The molecular formula is C24H36N8. The molecule has 0 fully saturated rings. The average molecular weight is 437 g/mol. The van der Waals surface area contributed by atoms with E-state index in [4.69, 9.17) is 22.9 Å². The molecule has 0 aliphatic heterocycles. The van der Waals surface area contributed by atoms with Gasteiger partial charge in [-0.1, -0.05) is 0 Å². The molecule has 8 N–H and O–H groups in total. The molecule has 0 aromatic heterocycles. The highest BCUT2D eigenvalue weighted by atomic mass is 14.9. The van der Waals surface area contributed by atoms with E-state index in [0.29, 0.717) is 22.7 Å². The normalized spacial score (nSPS) is 9.75. The lowest BCUT2D eigenvalue weighted by atomic mass is 10.2. The predicted molar refractivity (Wildman–Crippen MR) is 144 cm³/mol. The molecule has 2 aromatic rings. The van der Waals surface area contributed by atoms with Crippen molar-refractivity contribution in [2.24, 2.45) is 20.0 Å². The lowest BCUT2D eigenvalue weighted by Gasteiger charge is -2.09. The lowest BCUT2D eigenvalue weighted by Crippen LogP contribution is -2.00. The molecule has 0 aliphatic rings. The zero-order valence-electron chi connectivity index (χ0n) is 20.4. The zero-order valence-corrected chi connectivity index (χ0v) is 20.4. The molecule has 0 saturated carbocycles. The standard InChI is InChI=1S/C18H26N4.C6H10N4/c1-11(2)19-15-9-17(21-13(5)6)18(22-14(7)8)10-16(15)20-12(3)4;7-3-1-4(8)6(10)2-5(3)9/h9-10H,1-8H3;1-2H,7-10H2. The second-order valence-corrected chi connectivity index (χ2v) is 8.18. The van der Waals surface area contributed by atoms with Crippen molar-refractivity contribution in [3.8, 4) is 0 Å². The first-order valence-corrected chi connectivity index (χ1v) is 10.3. The molecule has 0 radical (unpaired) electrons. The fourth-order valence-electron chi connectivity index (χ4n) is 2.54. The number of hydrogen-bond donors (Lipinski definition) is 4. The van der Waals surface area contributed by atoms with E-state index < -0.39 is 0 Å². The Morgan fingerprint density at radius 1 is 0.406 bits per heavy atom. The number of rotatable bonds is 4. The second kappa shape index (κ2) is 11.6. The third-order valence-corrected chi connectivity index (χ3v) is 3.74. The number of nitrogens with two attached hydrogens (primary N) is 4. The van der Waals surface area contributed by atoms with Crippen LogP contribution in [0.2, 0.25) is 0 Å². The van der Waals surface area contributed by atoms with Crippen LogP contribution >= 0.6 is 0 Å². The number of aliphatic imine (C=N–C) groups is 4. The van der Waals surface area contributed by atoms with Crippen molar-refractivity contribution < 1.29 is 0 Å². The molecule has 2 aromatic carbocycles. The Hall–Kier alpha value is -3.68. The van der Waals surface area contributed by atoms with Crippen molar-refractivity contribution in [3.05, 3.63) is 24.3 Å². The summed E-state index contributed by atoms with van der Waals surface area (Å²) in [6.07, 6.45) is 0. The van der Waals surface area contributed by atoms with E-state index in [9.17, 15) is 0 Å². The maximum absolute atomic E-state index is 5.43. The Labute approximate surface area is 191 Å². The van der Waals surface area contributed by atoms with Crippen molar-refractivity contribution >= 4 is 68.3 Å². The molecule has 8 nitrogen and oxygen atoms in total. The van der Waals surface area contributed by atoms with Crippen LogP contribution in [0, 0.1) is 0 Å². The lowest BCUT2D eigenvalue weighted by molar-refractivity contribution is 1.35. The Morgan fingerprint density at radius 2 is 0.594 bits per heavy atom. The monoisotopic (exact) mass is 436 g/mol. The predicted octanol–water partition coefficient (Wildman–Crippen LogP) is 6.15. The summed E-state index contributed by atoms with van der Waals surface area (Å²) in [6.45, 7) is 15.8. The largest absolute Gasteiger partial charge is 0.397 e. The molecule has 172 valence electrons. The summed E-state index contributed by atoms with van der Waals surface area (Å²) in [5.41, 5.74) is 30.8. The topological polar surface area (TPSA) is 154 Å². The van der Waals surface area contributed by atoms with Gasteiger partial charge in [-0.2, -0.15) is 0 Å². The third-order valence-electron chi connectivity index (χ3n) is 3.74. The highest BCUT2D eigenvalue weighted by Gasteiger charge is 2.09. The molecule has 32 heavy (non-hydrogen) atoms. The number of anilines is 4. The number of hydrogen-bond acceptors (Lipinski definition) is 8. The van der Waals surface area contributed by atoms with Gasteiger partial charge in [-0.15, -0.1) is 0 Å². The minimum absolute atomic E-state index is 0.465. The van der Waals surface area contributed by atoms with Crippen LogP contribution in [0.3, 0.4) is 0 Å². The third kappa shape index (κ3) is 8.59. The van der Waals surface area contributed by atoms with Crippen LogP contribution in [-0.2, 0) is 0 Å². The van der Waals surface area contributed by atoms with E-state index in [2.05, 4.69) is 20.0 Å². The first-order valence-electron chi connectivity index (χ1n) is 10.3. The van der Waals surface area contributed by atoms with Crippen LogP contribution in [0.4, 0.5) is 45.5 Å². The Kier molecular flexibility index (Phi) is 9.59. The Balaban J connectivity index is 0.000000425. The van der Waals surface area contributed by atoms with Gasteiger partial charge in [0.1, 0.15) is 0 Å². The molecule has 0 bridgehead atoms. The summed E-state index contributed by atoms with van der Waals surface area (Å²) in [5, 5.41) is 0. The molecule has 0 heterocycles. The second-order valence-electron chi connectivity index (χ2n) is 8.18. The van der Waals surface area contributed by atoms with Gasteiger partial charge in [-0.25, -0.2) is 0 Å². The Morgan fingerprint density at radius 3 is 0.750 bits per heavy atom. The molecule has 0 atom stereocenters. The molecule has 0 amide bonds. The molecule has 0 unspecified atom stereocenters. The van der Waals surface area contributed by atoms with Crippen molar-refractivity contribution in [2.75, 3.05) is 22.9 Å². The SMILES string of the molecule is CC(C)=Nc1cc(N=C(C)C)c(N=C(C)C)cc1N=C(C)C.Nc1cc(N)c(N)cc1N. The summed E-state index contributed by atoms with van der Waals surface area (Å²) in [7, 11) is 0. The molecule has 8 heteroatoms. The van der Waals surface area contributed by atoms with E-state index in [-0.39, 0.29) is 0 Å². The highest BCUT2D eigenvalue weighted by molar-refractivity contribution is 5.93. The van der Waals surface area contributed by atoms with E-state index in [1.165, 1.54) is 0 Å². The number of nitrogens with zero attached hydrogens (tertiary/aromatic N) is 4. The van der Waals surface area contributed by atoms with E-state index in [0.717, 1.165) is 45.6 Å². The summed E-state index contributed by atoms with van der Waals surface area (Å²) in [5.74, 6) is 0. The van der Waals surface area contributed by atoms with E-state index in [1.54, 1.807) is 12.1 Å². The van der Waals surface area contributed by atoms with Gasteiger partial charge in [-0.05, 0) is 79.7 Å². The minimum Gasteiger partial charge on any atom is -0.397 e. The number of benzene rings is 2. The fraction of sp³-hybridized carbons (Fsp3) is 0.333. The van der Waals surface area contributed by atoms with Gasteiger partial charge in [0.15, 0.2) is 0 Å². The highest BCUT2D eigenvalue weighted by Crippen LogP contribution is 2.40. The first-order chi connectivity index (χ1) is 14.8. The fourth-order valence-corrected chi connectivity index (χ4v) is 2.54. The quantitative estimate of drug-likeness (QED) is 0.335. The maximum Gasteiger partial charge on any atom is 0.0908 e. The zero-order chi connectivity index (χ0) is 24.6. The van der Waals surface area contributed by atoms with Crippen LogP contribution in [0.1, 0.15) is 55.4 Å². The maximum atomic E-state index is 5.43. The summed E-state index contributed by atoms with van der Waals surface area (Å²) in [4.78, 5) is 18.4. The van der Waals surface area contributed by atoms with Crippen molar-refractivity contribution in [2.45, 2.75) is 55.4 Å². The first kappa shape index (κ1) is 26.4. The minimum atomic E-state index is 0.465. The van der Waals surface area contributed by atoms with Gasteiger partial charge in [0.05, 0.1) is 45.5 Å². The van der Waals surface area contributed by atoms with Crippen LogP contribution in [0.25, 0.3) is 0 Å². The van der Waals surface area contributed by atoms with Crippen molar-refractivity contribution in [1.82, 2.24) is 0 Å². The van der Waals surface area contributed by atoms with E-state index in [1.807, 2.05) is 67.5 Å². The van der Waals surface area contributed by atoms with Gasteiger partial charge in [0.25, 0.3) is 0 Å². The van der Waals surface area contributed by atoms with Crippen LogP contribution in [0.15, 0.2) is 44.2 Å². The molecular weight excluding hydrogens is 400 g/mol. The summed E-state index contributed by atoms with van der Waals surface area (Å²) < 4.78 is 0. The number of nitrogen functional groups attached to an aromatic ring is 4. The van der Waals surface area contributed by atoms with Gasteiger partial charge in [0, 0.05) is 22.8 Å². The molecule has 0 aliphatic carbocycles. The molecule has 0 saturated heterocycles. The Bertz CT molecular complexity index is 911. The van der Waals surface area contributed by atoms with Crippen LogP contribution in [0.5, 0.6) is 0 Å². The van der Waals surface area contributed by atoms with Gasteiger partial charge in [-0.3, -0.25) is 20.0 Å². The van der Waals surface area contributed by atoms with Gasteiger partial charge >= 0.3 is 0 Å². The summed E-state index contributed by atoms with van der Waals surface area (Å²) >= 11 is 0. The van der Waals surface area contributed by atoms with Gasteiger partial charge < -0.3 is 22.9 Å². The van der Waals surface area contributed by atoms with Gasteiger partial charge in [0.2, 0.25) is 0 Å². The van der Waals surface area contributed by atoms with Crippen molar-refractivity contribution in [3.63, 3.8) is 0 Å². The van der Waals surface area contributed by atoms with Crippen LogP contribution < -0.4 is 22.9 Å². The van der Waals surface area contributed by atoms with Crippen LogP contribution in [-0.4, -0.2) is 22.8 Å². The smallest absolute Gasteiger partial charge is 0.0908 e. The van der Waals surface area contributed by atoms with Crippen molar-refractivity contribution in [1.29, 1.82) is 0 Å². The van der Waals surface area contributed by atoms with E-state index >= 15 is 0 Å². The molecule has 0 spiro atoms.